The molecule has 0 unspecified atom stereocenters. The summed E-state index contributed by atoms with van der Waals surface area (Å²) in [6.07, 6.45) is 1.55. The quantitative estimate of drug-likeness (QED) is 0.798. The normalized spacial score (nSPS) is 10.1. The zero-order chi connectivity index (χ0) is 13.1. The number of aryl methyl sites for hydroxylation is 1. The highest BCUT2D eigenvalue weighted by atomic mass is 19.1. The summed E-state index contributed by atoms with van der Waals surface area (Å²) < 4.78 is 12.9. The van der Waals surface area contributed by atoms with Crippen molar-refractivity contribution in [2.75, 3.05) is 11.1 Å². The van der Waals surface area contributed by atoms with Gasteiger partial charge < -0.3 is 11.1 Å². The summed E-state index contributed by atoms with van der Waals surface area (Å²) in [6.45, 7) is 1.79. The number of anilines is 2. The van der Waals surface area contributed by atoms with Gasteiger partial charge in [0.05, 0.1) is 11.4 Å². The van der Waals surface area contributed by atoms with Gasteiger partial charge in [-0.2, -0.15) is 0 Å². The second-order valence-corrected chi connectivity index (χ2v) is 3.87. The predicted octanol–water partition coefficient (Wildman–Crippen LogP) is 2.36. The molecular weight excluding hydrogens is 233 g/mol. The number of hydrogen-bond acceptors (Lipinski definition) is 3. The third kappa shape index (κ3) is 2.63. The largest absolute Gasteiger partial charge is 0.397 e. The average Bonchev–Trinajstić information content (AvgIpc) is 2.32. The number of rotatable bonds is 2. The molecule has 2 aromatic rings. The number of hydrogen-bond donors (Lipinski definition) is 2. The van der Waals surface area contributed by atoms with Gasteiger partial charge in [0, 0.05) is 17.5 Å². The van der Waals surface area contributed by atoms with Crippen LogP contribution < -0.4 is 11.1 Å². The molecule has 4 nitrogen and oxygen atoms in total. The molecule has 0 saturated heterocycles. The molecule has 18 heavy (non-hydrogen) atoms. The van der Waals surface area contributed by atoms with Gasteiger partial charge in [-0.1, -0.05) is 0 Å². The van der Waals surface area contributed by atoms with Gasteiger partial charge in [0.15, 0.2) is 0 Å². The van der Waals surface area contributed by atoms with Crippen LogP contribution in [0.25, 0.3) is 0 Å². The summed E-state index contributed by atoms with van der Waals surface area (Å²) in [6, 6.07) is 7.09. The molecule has 3 N–H and O–H groups in total. The SMILES string of the molecule is Cc1cc(C(=O)Nc2ccc(F)cc2N)ccn1. The molecule has 1 amide bonds. The van der Waals surface area contributed by atoms with Crippen molar-refractivity contribution in [2.45, 2.75) is 6.92 Å². The van der Waals surface area contributed by atoms with E-state index in [1.54, 1.807) is 25.3 Å². The molecule has 0 spiro atoms. The number of amides is 1. The molecule has 0 aliphatic rings. The van der Waals surface area contributed by atoms with Crippen molar-refractivity contribution in [1.82, 2.24) is 4.98 Å². The van der Waals surface area contributed by atoms with Crippen LogP contribution in [-0.4, -0.2) is 10.9 Å². The zero-order valence-corrected chi connectivity index (χ0v) is 9.77. The molecule has 2 rings (SSSR count). The number of aromatic nitrogens is 1. The van der Waals surface area contributed by atoms with Crippen molar-refractivity contribution in [3.63, 3.8) is 0 Å². The van der Waals surface area contributed by atoms with Gasteiger partial charge in [-0.15, -0.1) is 0 Å². The number of nitrogens with one attached hydrogen (secondary N) is 1. The van der Waals surface area contributed by atoms with E-state index in [0.29, 0.717) is 11.3 Å². The maximum atomic E-state index is 12.9. The maximum Gasteiger partial charge on any atom is 0.255 e. The first-order valence-corrected chi connectivity index (χ1v) is 5.35. The number of carbonyl (C=O) groups is 1. The second kappa shape index (κ2) is 4.83. The van der Waals surface area contributed by atoms with Crippen molar-refractivity contribution in [3.05, 3.63) is 53.6 Å². The molecule has 0 bridgehead atoms. The Labute approximate surface area is 104 Å². The van der Waals surface area contributed by atoms with Crippen molar-refractivity contribution in [3.8, 4) is 0 Å². The van der Waals surface area contributed by atoms with Gasteiger partial charge in [-0.05, 0) is 37.3 Å². The summed E-state index contributed by atoms with van der Waals surface area (Å²) in [5.41, 5.74) is 7.41. The summed E-state index contributed by atoms with van der Waals surface area (Å²) in [4.78, 5) is 15.9. The Hall–Kier alpha value is -2.43. The first-order chi connectivity index (χ1) is 8.56. The van der Waals surface area contributed by atoms with Crippen LogP contribution in [-0.2, 0) is 0 Å². The molecule has 5 heteroatoms. The van der Waals surface area contributed by atoms with E-state index >= 15 is 0 Å². The van der Waals surface area contributed by atoms with Crippen molar-refractivity contribution < 1.29 is 9.18 Å². The molecule has 0 saturated carbocycles. The lowest BCUT2D eigenvalue weighted by molar-refractivity contribution is 0.102. The van der Waals surface area contributed by atoms with Gasteiger partial charge in [0.25, 0.3) is 5.91 Å². The van der Waals surface area contributed by atoms with Gasteiger partial charge in [-0.25, -0.2) is 4.39 Å². The van der Waals surface area contributed by atoms with Gasteiger partial charge in [0.2, 0.25) is 0 Å². The van der Waals surface area contributed by atoms with E-state index in [4.69, 9.17) is 5.73 Å². The smallest absolute Gasteiger partial charge is 0.255 e. The predicted molar refractivity (Wildman–Crippen MR) is 67.7 cm³/mol. The summed E-state index contributed by atoms with van der Waals surface area (Å²) in [5, 5.41) is 2.62. The molecule has 1 aromatic heterocycles. The highest BCUT2D eigenvalue weighted by Gasteiger charge is 2.08. The average molecular weight is 245 g/mol. The third-order valence-electron chi connectivity index (χ3n) is 2.42. The number of nitrogen functional groups attached to an aromatic ring is 1. The van der Waals surface area contributed by atoms with Gasteiger partial charge in [0.1, 0.15) is 5.82 Å². The number of nitrogens with zero attached hydrogens (tertiary/aromatic N) is 1. The minimum absolute atomic E-state index is 0.189. The van der Waals surface area contributed by atoms with Crippen LogP contribution in [0.15, 0.2) is 36.5 Å². The molecule has 1 heterocycles. The lowest BCUT2D eigenvalue weighted by atomic mass is 10.2. The Bertz CT molecular complexity index is 599. The van der Waals surface area contributed by atoms with E-state index in [2.05, 4.69) is 10.3 Å². The van der Waals surface area contributed by atoms with Crippen molar-refractivity contribution in [2.24, 2.45) is 0 Å². The molecular formula is C13H12FN3O. The highest BCUT2D eigenvalue weighted by molar-refractivity contribution is 6.05. The Kier molecular flexibility index (Phi) is 3.23. The monoisotopic (exact) mass is 245 g/mol. The molecule has 0 radical (unpaired) electrons. The number of pyridine rings is 1. The molecule has 1 aromatic carbocycles. The first-order valence-electron chi connectivity index (χ1n) is 5.35. The fraction of sp³-hybridized carbons (Fsp3) is 0.0769. The maximum absolute atomic E-state index is 12.9. The number of nitrogens with two attached hydrogens (primary N) is 1. The van der Waals surface area contributed by atoms with Crippen LogP contribution in [0.1, 0.15) is 16.1 Å². The van der Waals surface area contributed by atoms with E-state index in [-0.39, 0.29) is 11.6 Å². The fourth-order valence-corrected chi connectivity index (χ4v) is 1.53. The highest BCUT2D eigenvalue weighted by Crippen LogP contribution is 2.19. The summed E-state index contributed by atoms with van der Waals surface area (Å²) in [7, 11) is 0. The lowest BCUT2D eigenvalue weighted by Crippen LogP contribution is -2.13. The van der Waals surface area contributed by atoms with Crippen LogP contribution in [0.3, 0.4) is 0 Å². The van der Waals surface area contributed by atoms with Crippen LogP contribution in [0.4, 0.5) is 15.8 Å². The number of benzene rings is 1. The topological polar surface area (TPSA) is 68.0 Å². The summed E-state index contributed by atoms with van der Waals surface area (Å²) >= 11 is 0. The number of halogens is 1. The second-order valence-electron chi connectivity index (χ2n) is 3.87. The van der Waals surface area contributed by atoms with Gasteiger partial charge >= 0.3 is 0 Å². The Balaban J connectivity index is 2.21. The van der Waals surface area contributed by atoms with Crippen LogP contribution in [0.5, 0.6) is 0 Å². The Morgan fingerprint density at radius 3 is 2.78 bits per heavy atom. The Morgan fingerprint density at radius 2 is 2.11 bits per heavy atom. The van der Waals surface area contributed by atoms with E-state index in [1.807, 2.05) is 0 Å². The molecule has 0 fully saturated rings. The minimum atomic E-state index is -0.440. The minimum Gasteiger partial charge on any atom is -0.397 e. The standard InChI is InChI=1S/C13H12FN3O/c1-8-6-9(4-5-16-8)13(18)17-12-3-2-10(14)7-11(12)15/h2-7H,15H2,1H3,(H,17,18). The third-order valence-corrected chi connectivity index (χ3v) is 2.42. The van der Waals surface area contributed by atoms with E-state index in [1.165, 1.54) is 12.1 Å². The number of carbonyl (C=O) groups excluding carboxylic acids is 1. The lowest BCUT2D eigenvalue weighted by Gasteiger charge is -2.08. The fourth-order valence-electron chi connectivity index (χ4n) is 1.53. The van der Waals surface area contributed by atoms with E-state index < -0.39 is 5.82 Å². The first kappa shape index (κ1) is 12.0. The van der Waals surface area contributed by atoms with Gasteiger partial charge in [-0.3, -0.25) is 9.78 Å². The van der Waals surface area contributed by atoms with E-state index in [9.17, 15) is 9.18 Å². The van der Waals surface area contributed by atoms with E-state index in [0.717, 1.165) is 11.8 Å². The summed E-state index contributed by atoms with van der Waals surface area (Å²) in [5.74, 6) is -0.746. The molecule has 0 atom stereocenters. The van der Waals surface area contributed by atoms with Crippen molar-refractivity contribution in [1.29, 1.82) is 0 Å². The molecule has 0 aliphatic carbocycles. The Morgan fingerprint density at radius 1 is 1.33 bits per heavy atom. The molecule has 92 valence electrons. The van der Waals surface area contributed by atoms with Crippen LogP contribution in [0, 0.1) is 12.7 Å². The molecule has 0 aliphatic heterocycles. The zero-order valence-electron chi connectivity index (χ0n) is 9.77. The van der Waals surface area contributed by atoms with Crippen LogP contribution >= 0.6 is 0 Å². The van der Waals surface area contributed by atoms with Crippen molar-refractivity contribution >= 4 is 17.3 Å². The van der Waals surface area contributed by atoms with Crippen LogP contribution in [0.2, 0.25) is 0 Å².